The van der Waals surface area contributed by atoms with Crippen LogP contribution in [-0.4, -0.2) is 17.0 Å². The molecule has 5 heteroatoms. The second-order valence-corrected chi connectivity index (χ2v) is 6.63. The van der Waals surface area contributed by atoms with Crippen LogP contribution in [0.2, 0.25) is 0 Å². The number of para-hydroxylation sites is 2. The van der Waals surface area contributed by atoms with Gasteiger partial charge in [-0.2, -0.15) is 0 Å². The molecule has 1 atom stereocenters. The summed E-state index contributed by atoms with van der Waals surface area (Å²) in [5.41, 5.74) is 4.18. The van der Waals surface area contributed by atoms with Crippen molar-refractivity contribution in [2.75, 3.05) is 5.32 Å². The van der Waals surface area contributed by atoms with Crippen molar-refractivity contribution in [3.63, 3.8) is 0 Å². The lowest BCUT2D eigenvalue weighted by Crippen LogP contribution is -2.30. The van der Waals surface area contributed by atoms with Crippen molar-refractivity contribution in [2.24, 2.45) is 0 Å². The smallest absolute Gasteiger partial charge is 0.265 e. The highest BCUT2D eigenvalue weighted by Gasteiger charge is 2.15. The molecule has 1 heterocycles. The second kappa shape index (κ2) is 7.56. The molecule has 0 unspecified atom stereocenters. The molecule has 140 valence electrons. The lowest BCUT2D eigenvalue weighted by atomic mass is 10.2. The SMILES string of the molecule is Cc1cccc(O[C@@H](C)C(=O)Nc2ccc(-c3nc4ccccc4o3)cc2)c1. The highest BCUT2D eigenvalue weighted by molar-refractivity contribution is 5.94. The third-order valence-corrected chi connectivity index (χ3v) is 4.36. The summed E-state index contributed by atoms with van der Waals surface area (Å²) in [6.45, 7) is 3.71. The van der Waals surface area contributed by atoms with Gasteiger partial charge in [0.25, 0.3) is 5.91 Å². The van der Waals surface area contributed by atoms with Crippen LogP contribution in [0.5, 0.6) is 5.75 Å². The maximum absolute atomic E-state index is 12.4. The van der Waals surface area contributed by atoms with Crippen LogP contribution in [0, 0.1) is 6.92 Å². The van der Waals surface area contributed by atoms with Gasteiger partial charge in [0.05, 0.1) is 0 Å². The van der Waals surface area contributed by atoms with Crippen LogP contribution < -0.4 is 10.1 Å². The van der Waals surface area contributed by atoms with E-state index in [4.69, 9.17) is 9.15 Å². The van der Waals surface area contributed by atoms with Crippen LogP contribution in [-0.2, 0) is 4.79 Å². The van der Waals surface area contributed by atoms with Crippen molar-refractivity contribution in [3.8, 4) is 17.2 Å². The number of nitrogens with one attached hydrogen (secondary N) is 1. The number of nitrogens with zero attached hydrogens (tertiary/aromatic N) is 1. The number of carbonyl (C=O) groups is 1. The number of aryl methyl sites for hydroxylation is 1. The topological polar surface area (TPSA) is 64.4 Å². The van der Waals surface area contributed by atoms with Crippen molar-refractivity contribution in [3.05, 3.63) is 78.4 Å². The first-order valence-corrected chi connectivity index (χ1v) is 9.09. The Morgan fingerprint density at radius 3 is 2.57 bits per heavy atom. The molecule has 4 rings (SSSR count). The van der Waals surface area contributed by atoms with Crippen molar-refractivity contribution in [1.29, 1.82) is 0 Å². The highest BCUT2D eigenvalue weighted by atomic mass is 16.5. The third-order valence-electron chi connectivity index (χ3n) is 4.36. The Hall–Kier alpha value is -3.60. The summed E-state index contributed by atoms with van der Waals surface area (Å²) in [5, 5.41) is 2.87. The first-order valence-electron chi connectivity index (χ1n) is 9.09. The van der Waals surface area contributed by atoms with Gasteiger partial charge in [-0.1, -0.05) is 24.3 Å². The molecular weight excluding hydrogens is 352 g/mol. The number of carbonyl (C=O) groups excluding carboxylic acids is 1. The van der Waals surface area contributed by atoms with Crippen molar-refractivity contribution in [1.82, 2.24) is 4.98 Å². The molecule has 0 bridgehead atoms. The summed E-state index contributed by atoms with van der Waals surface area (Å²) in [5.74, 6) is 1.01. The molecule has 28 heavy (non-hydrogen) atoms. The van der Waals surface area contributed by atoms with Crippen LogP contribution in [0.25, 0.3) is 22.6 Å². The lowest BCUT2D eigenvalue weighted by Gasteiger charge is -2.15. The molecule has 5 nitrogen and oxygen atoms in total. The van der Waals surface area contributed by atoms with E-state index in [-0.39, 0.29) is 5.91 Å². The zero-order valence-corrected chi connectivity index (χ0v) is 15.7. The first-order chi connectivity index (χ1) is 13.6. The summed E-state index contributed by atoms with van der Waals surface area (Å²) in [6.07, 6.45) is -0.612. The molecule has 4 aromatic rings. The third kappa shape index (κ3) is 3.88. The van der Waals surface area contributed by atoms with Crippen molar-refractivity contribution >= 4 is 22.7 Å². The predicted molar refractivity (Wildman–Crippen MR) is 109 cm³/mol. The molecule has 0 aliphatic rings. The lowest BCUT2D eigenvalue weighted by molar-refractivity contribution is -0.122. The van der Waals surface area contributed by atoms with E-state index < -0.39 is 6.10 Å². The first kappa shape index (κ1) is 17.8. The molecule has 1 N–H and O–H groups in total. The van der Waals surface area contributed by atoms with E-state index in [1.807, 2.05) is 79.7 Å². The number of rotatable bonds is 5. The van der Waals surface area contributed by atoms with Gasteiger partial charge < -0.3 is 14.5 Å². The Bertz CT molecular complexity index is 1080. The summed E-state index contributed by atoms with van der Waals surface area (Å²) >= 11 is 0. The van der Waals surface area contributed by atoms with Crippen LogP contribution in [0.4, 0.5) is 5.69 Å². The Balaban J connectivity index is 1.43. The molecule has 0 radical (unpaired) electrons. The zero-order valence-electron chi connectivity index (χ0n) is 15.7. The minimum Gasteiger partial charge on any atom is -0.481 e. The largest absolute Gasteiger partial charge is 0.481 e. The number of ether oxygens (including phenoxy) is 1. The molecule has 3 aromatic carbocycles. The Labute approximate surface area is 163 Å². The number of aromatic nitrogens is 1. The summed E-state index contributed by atoms with van der Waals surface area (Å²) < 4.78 is 11.5. The van der Waals surface area contributed by atoms with E-state index in [2.05, 4.69) is 10.3 Å². The quantitative estimate of drug-likeness (QED) is 0.522. The monoisotopic (exact) mass is 372 g/mol. The van der Waals surface area contributed by atoms with E-state index in [9.17, 15) is 4.79 Å². The van der Waals surface area contributed by atoms with Gasteiger partial charge in [0, 0.05) is 11.3 Å². The normalized spacial score (nSPS) is 11.9. The summed E-state index contributed by atoms with van der Waals surface area (Å²) in [7, 11) is 0. The van der Waals surface area contributed by atoms with E-state index in [1.165, 1.54) is 0 Å². The van der Waals surface area contributed by atoms with Gasteiger partial charge >= 0.3 is 0 Å². The second-order valence-electron chi connectivity index (χ2n) is 6.63. The number of hydrogen-bond donors (Lipinski definition) is 1. The van der Waals surface area contributed by atoms with Crippen LogP contribution >= 0.6 is 0 Å². The Morgan fingerprint density at radius 1 is 1.04 bits per heavy atom. The molecule has 0 fully saturated rings. The molecule has 0 saturated carbocycles. The Kier molecular flexibility index (Phi) is 4.81. The van der Waals surface area contributed by atoms with E-state index >= 15 is 0 Å². The summed E-state index contributed by atoms with van der Waals surface area (Å²) in [6, 6.07) is 22.6. The number of benzene rings is 3. The fraction of sp³-hybridized carbons (Fsp3) is 0.130. The van der Waals surface area contributed by atoms with E-state index in [1.54, 1.807) is 6.92 Å². The molecule has 0 aliphatic heterocycles. The van der Waals surface area contributed by atoms with Gasteiger partial charge in [-0.25, -0.2) is 4.98 Å². The number of oxazole rings is 1. The number of fused-ring (bicyclic) bond motifs is 1. The van der Waals surface area contributed by atoms with Crippen LogP contribution in [0.3, 0.4) is 0 Å². The zero-order chi connectivity index (χ0) is 19.5. The van der Waals surface area contributed by atoms with Gasteiger partial charge in [-0.05, 0) is 67.9 Å². The van der Waals surface area contributed by atoms with Crippen LogP contribution in [0.1, 0.15) is 12.5 Å². The van der Waals surface area contributed by atoms with Gasteiger partial charge in [0.15, 0.2) is 11.7 Å². The fourth-order valence-corrected chi connectivity index (χ4v) is 2.88. The Morgan fingerprint density at radius 2 is 1.82 bits per heavy atom. The number of anilines is 1. The predicted octanol–water partition coefficient (Wildman–Crippen LogP) is 5.21. The standard InChI is InChI=1S/C23H20N2O3/c1-15-6-5-7-19(14-15)27-16(2)22(26)24-18-12-10-17(11-13-18)23-25-20-8-3-4-9-21(20)28-23/h3-14,16H,1-2H3,(H,24,26)/t16-/m0/s1. The van der Waals surface area contributed by atoms with E-state index in [0.717, 1.165) is 22.2 Å². The molecule has 0 aliphatic carbocycles. The molecule has 0 spiro atoms. The van der Waals surface area contributed by atoms with Crippen molar-refractivity contribution < 1.29 is 13.9 Å². The van der Waals surface area contributed by atoms with Gasteiger partial charge in [-0.15, -0.1) is 0 Å². The maximum atomic E-state index is 12.4. The molecule has 1 aromatic heterocycles. The highest BCUT2D eigenvalue weighted by Crippen LogP contribution is 2.25. The van der Waals surface area contributed by atoms with Gasteiger partial charge in [0.1, 0.15) is 11.3 Å². The van der Waals surface area contributed by atoms with Gasteiger partial charge in [-0.3, -0.25) is 4.79 Å². The van der Waals surface area contributed by atoms with Crippen molar-refractivity contribution in [2.45, 2.75) is 20.0 Å². The minimum atomic E-state index is -0.612. The minimum absolute atomic E-state index is 0.212. The molecular formula is C23H20N2O3. The average molecular weight is 372 g/mol. The van der Waals surface area contributed by atoms with Gasteiger partial charge in [0.2, 0.25) is 5.89 Å². The molecule has 0 saturated heterocycles. The fourth-order valence-electron chi connectivity index (χ4n) is 2.88. The maximum Gasteiger partial charge on any atom is 0.265 e. The van der Waals surface area contributed by atoms with E-state index in [0.29, 0.717) is 17.3 Å². The molecule has 1 amide bonds. The number of hydrogen-bond acceptors (Lipinski definition) is 4. The number of amides is 1. The van der Waals surface area contributed by atoms with Crippen LogP contribution in [0.15, 0.2) is 77.2 Å². The summed E-state index contributed by atoms with van der Waals surface area (Å²) in [4.78, 5) is 16.9. The average Bonchev–Trinajstić information content (AvgIpc) is 3.13.